The first-order valence-corrected chi connectivity index (χ1v) is 4.11. The Balaban J connectivity index is 2.49. The SMILES string of the molecule is NNC(=O)Cn1nc2cnccn2c1=O. The van der Waals surface area contributed by atoms with Crippen molar-refractivity contribution < 1.29 is 4.79 Å². The summed E-state index contributed by atoms with van der Waals surface area (Å²) in [4.78, 5) is 26.4. The highest BCUT2D eigenvalue weighted by molar-refractivity contribution is 5.74. The van der Waals surface area contributed by atoms with Gasteiger partial charge in [-0.1, -0.05) is 0 Å². The maximum atomic E-state index is 11.6. The molecule has 1 amide bonds. The summed E-state index contributed by atoms with van der Waals surface area (Å²) in [7, 11) is 0. The van der Waals surface area contributed by atoms with Crippen molar-refractivity contribution in [2.24, 2.45) is 5.84 Å². The Labute approximate surface area is 83.3 Å². The molecule has 0 atom stereocenters. The van der Waals surface area contributed by atoms with E-state index in [-0.39, 0.29) is 6.54 Å². The van der Waals surface area contributed by atoms with Gasteiger partial charge >= 0.3 is 5.69 Å². The number of carbonyl (C=O) groups excluding carboxylic acids is 1. The van der Waals surface area contributed by atoms with Crippen molar-refractivity contribution in [2.75, 3.05) is 0 Å². The van der Waals surface area contributed by atoms with E-state index in [0.29, 0.717) is 5.65 Å². The molecular weight excluding hydrogens is 200 g/mol. The number of fused-ring (bicyclic) bond motifs is 1. The second-order valence-corrected chi connectivity index (χ2v) is 2.81. The van der Waals surface area contributed by atoms with Crippen LogP contribution in [-0.2, 0) is 11.3 Å². The molecule has 0 saturated heterocycles. The molecule has 2 aromatic rings. The minimum absolute atomic E-state index is 0.211. The van der Waals surface area contributed by atoms with E-state index in [4.69, 9.17) is 5.84 Å². The lowest BCUT2D eigenvalue weighted by molar-refractivity contribution is -0.121. The number of nitrogens with zero attached hydrogens (tertiary/aromatic N) is 4. The van der Waals surface area contributed by atoms with Crippen molar-refractivity contribution in [1.82, 2.24) is 24.6 Å². The van der Waals surface area contributed by atoms with Crippen LogP contribution in [0.5, 0.6) is 0 Å². The standard InChI is InChI=1S/C7H8N6O2/c8-10-6(14)4-13-7(15)12-2-1-9-3-5(12)11-13/h1-3H,4,8H2,(H,10,14). The fourth-order valence-corrected chi connectivity index (χ4v) is 1.16. The van der Waals surface area contributed by atoms with Crippen LogP contribution in [0.2, 0.25) is 0 Å². The van der Waals surface area contributed by atoms with Gasteiger partial charge in [0.25, 0.3) is 5.91 Å². The van der Waals surface area contributed by atoms with Gasteiger partial charge in [0.05, 0.1) is 6.20 Å². The second-order valence-electron chi connectivity index (χ2n) is 2.81. The largest absolute Gasteiger partial charge is 0.350 e. The predicted molar refractivity (Wildman–Crippen MR) is 49.6 cm³/mol. The van der Waals surface area contributed by atoms with Gasteiger partial charge in [0.15, 0.2) is 5.65 Å². The Bertz CT molecular complexity index is 556. The molecule has 0 saturated carbocycles. The van der Waals surface area contributed by atoms with Gasteiger partial charge in [-0.15, -0.1) is 5.10 Å². The van der Waals surface area contributed by atoms with Gasteiger partial charge in [-0.25, -0.2) is 19.7 Å². The van der Waals surface area contributed by atoms with E-state index in [1.54, 1.807) is 0 Å². The third-order valence-electron chi connectivity index (χ3n) is 1.84. The summed E-state index contributed by atoms with van der Waals surface area (Å²) in [6, 6.07) is 0. The molecular formula is C7H8N6O2. The number of hydrogen-bond donors (Lipinski definition) is 2. The molecule has 0 fully saturated rings. The van der Waals surface area contributed by atoms with E-state index < -0.39 is 11.6 Å². The molecule has 0 aliphatic rings. The second kappa shape index (κ2) is 3.50. The molecule has 8 nitrogen and oxygen atoms in total. The van der Waals surface area contributed by atoms with E-state index in [1.165, 1.54) is 23.0 Å². The van der Waals surface area contributed by atoms with Gasteiger partial charge < -0.3 is 0 Å². The van der Waals surface area contributed by atoms with Crippen molar-refractivity contribution in [3.63, 3.8) is 0 Å². The van der Waals surface area contributed by atoms with Gasteiger partial charge in [0.1, 0.15) is 6.54 Å². The quantitative estimate of drug-likeness (QED) is 0.333. The number of hydrogen-bond acceptors (Lipinski definition) is 5. The molecule has 2 rings (SSSR count). The maximum Gasteiger partial charge on any atom is 0.350 e. The van der Waals surface area contributed by atoms with E-state index in [2.05, 4.69) is 10.1 Å². The topological polar surface area (TPSA) is 107 Å². The molecule has 0 aliphatic carbocycles. The Morgan fingerprint density at radius 2 is 2.40 bits per heavy atom. The monoisotopic (exact) mass is 208 g/mol. The van der Waals surface area contributed by atoms with Crippen LogP contribution >= 0.6 is 0 Å². The molecule has 8 heteroatoms. The molecule has 2 aromatic heterocycles. The van der Waals surface area contributed by atoms with Gasteiger partial charge in [-0.05, 0) is 0 Å². The fraction of sp³-hybridized carbons (Fsp3) is 0.143. The highest BCUT2D eigenvalue weighted by Gasteiger charge is 2.08. The van der Waals surface area contributed by atoms with Crippen molar-refractivity contribution in [2.45, 2.75) is 6.54 Å². The number of aromatic nitrogens is 4. The molecule has 0 unspecified atom stereocenters. The molecule has 0 radical (unpaired) electrons. The van der Waals surface area contributed by atoms with Crippen LogP contribution < -0.4 is 17.0 Å². The summed E-state index contributed by atoms with van der Waals surface area (Å²) in [5.41, 5.74) is 1.90. The van der Waals surface area contributed by atoms with E-state index in [0.717, 1.165) is 4.68 Å². The summed E-state index contributed by atoms with van der Waals surface area (Å²) in [5.74, 6) is 4.41. The molecule has 0 aliphatic heterocycles. The molecule has 15 heavy (non-hydrogen) atoms. The van der Waals surface area contributed by atoms with Gasteiger partial charge in [-0.2, -0.15) is 0 Å². The lowest BCUT2D eigenvalue weighted by Crippen LogP contribution is -2.36. The summed E-state index contributed by atoms with van der Waals surface area (Å²) in [6.07, 6.45) is 4.36. The molecule has 3 N–H and O–H groups in total. The first-order chi connectivity index (χ1) is 7.22. The van der Waals surface area contributed by atoms with Crippen LogP contribution in [-0.4, -0.2) is 25.1 Å². The first kappa shape index (κ1) is 9.34. The lowest BCUT2D eigenvalue weighted by atomic mass is 10.6. The van der Waals surface area contributed by atoms with Crippen LogP contribution in [0, 0.1) is 0 Å². The summed E-state index contributed by atoms with van der Waals surface area (Å²) >= 11 is 0. The Morgan fingerprint density at radius 1 is 1.60 bits per heavy atom. The number of rotatable bonds is 2. The minimum atomic E-state index is -0.492. The number of nitrogens with one attached hydrogen (secondary N) is 1. The van der Waals surface area contributed by atoms with Crippen LogP contribution in [0.25, 0.3) is 5.65 Å². The van der Waals surface area contributed by atoms with Crippen molar-refractivity contribution >= 4 is 11.6 Å². The van der Waals surface area contributed by atoms with Crippen LogP contribution in [0.15, 0.2) is 23.4 Å². The zero-order valence-corrected chi connectivity index (χ0v) is 7.62. The van der Waals surface area contributed by atoms with Crippen molar-refractivity contribution in [1.29, 1.82) is 0 Å². The zero-order valence-electron chi connectivity index (χ0n) is 7.62. The fourth-order valence-electron chi connectivity index (χ4n) is 1.16. The van der Waals surface area contributed by atoms with Gasteiger partial charge in [-0.3, -0.25) is 15.2 Å². The Morgan fingerprint density at radius 3 is 3.07 bits per heavy atom. The van der Waals surface area contributed by atoms with Gasteiger partial charge in [0.2, 0.25) is 0 Å². The minimum Gasteiger partial charge on any atom is -0.293 e. The maximum absolute atomic E-state index is 11.6. The predicted octanol–water partition coefficient (Wildman–Crippen LogP) is -2.12. The van der Waals surface area contributed by atoms with Crippen molar-refractivity contribution in [3.8, 4) is 0 Å². The van der Waals surface area contributed by atoms with Crippen molar-refractivity contribution in [3.05, 3.63) is 29.1 Å². The highest BCUT2D eigenvalue weighted by atomic mass is 16.2. The van der Waals surface area contributed by atoms with Crippen LogP contribution in [0.3, 0.4) is 0 Å². The van der Waals surface area contributed by atoms with Gasteiger partial charge in [0, 0.05) is 12.4 Å². The number of hydrazine groups is 1. The van der Waals surface area contributed by atoms with E-state index >= 15 is 0 Å². The molecule has 2 heterocycles. The molecule has 0 spiro atoms. The average Bonchev–Trinajstić information content (AvgIpc) is 2.57. The number of carbonyl (C=O) groups is 1. The Kier molecular flexibility index (Phi) is 2.18. The first-order valence-electron chi connectivity index (χ1n) is 4.11. The number of amides is 1. The number of nitrogens with two attached hydrogens (primary N) is 1. The average molecular weight is 208 g/mol. The molecule has 0 bridgehead atoms. The summed E-state index contributed by atoms with van der Waals surface area (Å²) in [5, 5.41) is 3.89. The zero-order chi connectivity index (χ0) is 10.8. The molecule has 78 valence electrons. The molecule has 0 aromatic carbocycles. The third-order valence-corrected chi connectivity index (χ3v) is 1.84. The third kappa shape index (κ3) is 1.57. The summed E-state index contributed by atoms with van der Waals surface area (Å²) in [6.45, 7) is -0.211. The smallest absolute Gasteiger partial charge is 0.293 e. The van der Waals surface area contributed by atoms with Crippen LogP contribution in [0.1, 0.15) is 0 Å². The van der Waals surface area contributed by atoms with E-state index in [1.807, 2.05) is 5.43 Å². The summed E-state index contributed by atoms with van der Waals surface area (Å²) < 4.78 is 2.30. The normalized spacial score (nSPS) is 10.5. The van der Waals surface area contributed by atoms with E-state index in [9.17, 15) is 9.59 Å². The Hall–Kier alpha value is -2.22. The van der Waals surface area contributed by atoms with Crippen LogP contribution in [0.4, 0.5) is 0 Å². The lowest BCUT2D eigenvalue weighted by Gasteiger charge is -1.96. The highest BCUT2D eigenvalue weighted by Crippen LogP contribution is 1.91.